The van der Waals surface area contributed by atoms with Crippen LogP contribution in [0.1, 0.15) is 6.42 Å². The lowest BCUT2D eigenvalue weighted by Crippen LogP contribution is -2.31. The maximum atomic E-state index is 11.8. The zero-order chi connectivity index (χ0) is 11.8. The molecule has 0 aromatic carbocycles. The van der Waals surface area contributed by atoms with Crippen LogP contribution in [-0.4, -0.2) is 40.4 Å². The molecule has 1 N–H and O–H groups in total. The smallest absolute Gasteiger partial charge is 0.244 e. The second-order valence-corrected chi connectivity index (χ2v) is 5.00. The molecular formula is C11H12N4OS. The highest BCUT2D eigenvalue weighted by Gasteiger charge is 2.29. The number of amides is 1. The summed E-state index contributed by atoms with van der Waals surface area (Å²) in [5.41, 5.74) is 0. The van der Waals surface area contributed by atoms with Crippen molar-refractivity contribution < 1.29 is 4.79 Å². The molecular weight excluding hydrogens is 236 g/mol. The van der Waals surface area contributed by atoms with Crippen LogP contribution in [0.3, 0.4) is 0 Å². The lowest BCUT2D eigenvalue weighted by atomic mass is 10.2. The number of likely N-dealkylation sites (N-methyl/N-ethyl adjacent to an activating group) is 1. The maximum Gasteiger partial charge on any atom is 0.244 e. The number of rotatable bonds is 2. The summed E-state index contributed by atoms with van der Waals surface area (Å²) >= 11 is 1.57. The second-order valence-electron chi connectivity index (χ2n) is 4.11. The fourth-order valence-corrected chi connectivity index (χ4v) is 2.76. The number of thiophene rings is 1. The Labute approximate surface area is 102 Å². The number of carbonyl (C=O) groups is 1. The standard InChI is InChI=1S/C11H12N4OS/c1-15-4-2-8(11(15)16)14-9-7-3-5-17-10(7)13-6-12-9/h3,5-6,8H,2,4H2,1H3,(H,12,13,14). The van der Waals surface area contributed by atoms with E-state index in [4.69, 9.17) is 0 Å². The van der Waals surface area contributed by atoms with Gasteiger partial charge in [0.1, 0.15) is 23.0 Å². The Morgan fingerprint density at radius 2 is 2.41 bits per heavy atom. The van der Waals surface area contributed by atoms with Crippen LogP contribution in [0.15, 0.2) is 17.8 Å². The number of nitrogens with one attached hydrogen (secondary N) is 1. The van der Waals surface area contributed by atoms with Crippen LogP contribution in [-0.2, 0) is 4.79 Å². The highest BCUT2D eigenvalue weighted by Crippen LogP contribution is 2.25. The summed E-state index contributed by atoms with van der Waals surface area (Å²) < 4.78 is 0. The number of hydrogen-bond donors (Lipinski definition) is 1. The first-order valence-electron chi connectivity index (χ1n) is 5.45. The molecule has 5 nitrogen and oxygen atoms in total. The number of carbonyl (C=O) groups excluding carboxylic acids is 1. The van der Waals surface area contributed by atoms with Gasteiger partial charge in [0.15, 0.2) is 0 Å². The molecule has 2 aromatic heterocycles. The molecule has 17 heavy (non-hydrogen) atoms. The van der Waals surface area contributed by atoms with E-state index in [-0.39, 0.29) is 11.9 Å². The zero-order valence-electron chi connectivity index (χ0n) is 9.38. The molecule has 88 valence electrons. The van der Waals surface area contributed by atoms with Crippen molar-refractivity contribution >= 4 is 33.3 Å². The average Bonchev–Trinajstić information content (AvgIpc) is 2.91. The Balaban J connectivity index is 1.90. The van der Waals surface area contributed by atoms with Crippen LogP contribution in [0.5, 0.6) is 0 Å². The van der Waals surface area contributed by atoms with E-state index in [0.29, 0.717) is 0 Å². The molecule has 0 radical (unpaired) electrons. The molecule has 0 bridgehead atoms. The van der Waals surface area contributed by atoms with Crippen LogP contribution < -0.4 is 5.32 Å². The second kappa shape index (κ2) is 3.96. The van der Waals surface area contributed by atoms with E-state index in [9.17, 15) is 4.79 Å². The predicted molar refractivity (Wildman–Crippen MR) is 67.1 cm³/mol. The van der Waals surface area contributed by atoms with Crippen molar-refractivity contribution in [1.29, 1.82) is 0 Å². The summed E-state index contributed by atoms with van der Waals surface area (Å²) in [5.74, 6) is 0.886. The van der Waals surface area contributed by atoms with Crippen LogP contribution in [0.2, 0.25) is 0 Å². The monoisotopic (exact) mass is 248 g/mol. The fourth-order valence-electron chi connectivity index (χ4n) is 2.03. The van der Waals surface area contributed by atoms with Gasteiger partial charge in [-0.1, -0.05) is 0 Å². The van der Waals surface area contributed by atoms with Gasteiger partial charge in [-0.15, -0.1) is 11.3 Å². The number of nitrogens with zero attached hydrogens (tertiary/aromatic N) is 3. The van der Waals surface area contributed by atoms with Crippen LogP contribution in [0, 0.1) is 0 Å². The number of aromatic nitrogens is 2. The topological polar surface area (TPSA) is 58.1 Å². The van der Waals surface area contributed by atoms with E-state index in [1.807, 2.05) is 18.5 Å². The molecule has 1 amide bonds. The van der Waals surface area contributed by atoms with Gasteiger partial charge in [-0.05, 0) is 17.9 Å². The average molecular weight is 248 g/mol. The van der Waals surface area contributed by atoms with E-state index in [2.05, 4.69) is 15.3 Å². The molecule has 1 fully saturated rings. The van der Waals surface area contributed by atoms with E-state index in [1.165, 1.54) is 6.33 Å². The number of anilines is 1. The summed E-state index contributed by atoms with van der Waals surface area (Å²) in [6.45, 7) is 0.800. The van der Waals surface area contributed by atoms with Gasteiger partial charge in [0.2, 0.25) is 5.91 Å². The predicted octanol–water partition coefficient (Wildman–Crippen LogP) is 1.33. The Bertz CT molecular complexity index is 567. The third-order valence-corrected chi connectivity index (χ3v) is 3.82. The summed E-state index contributed by atoms with van der Waals surface area (Å²) in [6, 6.07) is 1.82. The summed E-state index contributed by atoms with van der Waals surface area (Å²) in [5, 5.41) is 6.18. The van der Waals surface area contributed by atoms with Gasteiger partial charge in [0.05, 0.1) is 5.39 Å². The normalized spacial score (nSPS) is 20.2. The molecule has 0 spiro atoms. The molecule has 2 aromatic rings. The molecule has 1 unspecified atom stereocenters. The summed E-state index contributed by atoms with van der Waals surface area (Å²) in [6.07, 6.45) is 2.36. The molecule has 1 saturated heterocycles. The van der Waals surface area contributed by atoms with Crippen LogP contribution in [0.4, 0.5) is 5.82 Å². The van der Waals surface area contributed by atoms with Crippen LogP contribution >= 0.6 is 11.3 Å². The van der Waals surface area contributed by atoms with Gasteiger partial charge >= 0.3 is 0 Å². The Hall–Kier alpha value is -1.69. The molecule has 1 atom stereocenters. The lowest BCUT2D eigenvalue weighted by Gasteiger charge is -2.12. The Morgan fingerprint density at radius 1 is 1.53 bits per heavy atom. The van der Waals surface area contributed by atoms with Crippen molar-refractivity contribution in [2.45, 2.75) is 12.5 Å². The van der Waals surface area contributed by atoms with Crippen molar-refractivity contribution in [1.82, 2.24) is 14.9 Å². The molecule has 6 heteroatoms. The third kappa shape index (κ3) is 1.74. The molecule has 0 saturated carbocycles. The van der Waals surface area contributed by atoms with Gasteiger partial charge in [-0.25, -0.2) is 9.97 Å². The first kappa shape index (κ1) is 10.5. The largest absolute Gasteiger partial charge is 0.358 e. The van der Waals surface area contributed by atoms with Crippen molar-refractivity contribution in [2.24, 2.45) is 0 Å². The maximum absolute atomic E-state index is 11.8. The molecule has 0 aliphatic carbocycles. The van der Waals surface area contributed by atoms with Gasteiger partial charge in [-0.2, -0.15) is 0 Å². The SMILES string of the molecule is CN1CCC(Nc2ncnc3sccc23)C1=O. The summed E-state index contributed by atoms with van der Waals surface area (Å²) in [7, 11) is 1.82. The van der Waals surface area contributed by atoms with E-state index in [1.54, 1.807) is 16.2 Å². The zero-order valence-corrected chi connectivity index (χ0v) is 10.2. The quantitative estimate of drug-likeness (QED) is 0.871. The van der Waals surface area contributed by atoms with Crippen molar-refractivity contribution in [3.63, 3.8) is 0 Å². The lowest BCUT2D eigenvalue weighted by molar-refractivity contribution is -0.127. The first-order valence-corrected chi connectivity index (χ1v) is 6.33. The molecule has 1 aliphatic heterocycles. The van der Waals surface area contributed by atoms with E-state index in [0.717, 1.165) is 29.0 Å². The number of hydrogen-bond acceptors (Lipinski definition) is 5. The highest BCUT2D eigenvalue weighted by atomic mass is 32.1. The highest BCUT2D eigenvalue weighted by molar-refractivity contribution is 7.16. The minimum absolute atomic E-state index is 0.131. The van der Waals surface area contributed by atoms with Gasteiger partial charge in [0.25, 0.3) is 0 Å². The van der Waals surface area contributed by atoms with Gasteiger partial charge in [-0.3, -0.25) is 4.79 Å². The van der Waals surface area contributed by atoms with Crippen molar-refractivity contribution in [2.75, 3.05) is 18.9 Å². The third-order valence-electron chi connectivity index (χ3n) is 3.00. The first-order chi connectivity index (χ1) is 8.25. The minimum atomic E-state index is -0.155. The summed E-state index contributed by atoms with van der Waals surface area (Å²) in [4.78, 5) is 22.9. The Kier molecular flexibility index (Phi) is 2.44. The Morgan fingerprint density at radius 3 is 3.18 bits per heavy atom. The molecule has 1 aliphatic rings. The van der Waals surface area contributed by atoms with E-state index < -0.39 is 0 Å². The van der Waals surface area contributed by atoms with Crippen molar-refractivity contribution in [3.05, 3.63) is 17.8 Å². The fraction of sp³-hybridized carbons (Fsp3) is 0.364. The van der Waals surface area contributed by atoms with Gasteiger partial charge < -0.3 is 10.2 Å². The van der Waals surface area contributed by atoms with Crippen LogP contribution in [0.25, 0.3) is 10.2 Å². The van der Waals surface area contributed by atoms with Crippen molar-refractivity contribution in [3.8, 4) is 0 Å². The number of likely N-dealkylation sites (tertiary alicyclic amines) is 1. The van der Waals surface area contributed by atoms with Gasteiger partial charge in [0, 0.05) is 13.6 Å². The molecule has 3 rings (SSSR count). The molecule has 3 heterocycles. The minimum Gasteiger partial charge on any atom is -0.358 e. The van der Waals surface area contributed by atoms with E-state index >= 15 is 0 Å². The number of fused-ring (bicyclic) bond motifs is 1.